The fourth-order valence-electron chi connectivity index (χ4n) is 3.49. The summed E-state index contributed by atoms with van der Waals surface area (Å²) in [6, 6.07) is 1.71. The van der Waals surface area contributed by atoms with Crippen molar-refractivity contribution >= 4 is 16.5 Å². The van der Waals surface area contributed by atoms with Crippen LogP contribution in [0.15, 0.2) is 11.6 Å². The highest BCUT2D eigenvalue weighted by Crippen LogP contribution is 2.33. The molecular formula is C15H24N4S. The summed E-state index contributed by atoms with van der Waals surface area (Å²) >= 11 is 1.76. The number of nitrogens with zero attached hydrogens (tertiary/aromatic N) is 3. The molecule has 4 nitrogen and oxygen atoms in total. The fraction of sp³-hybridized carbons (Fsp3) is 0.800. The maximum absolute atomic E-state index is 4.43. The number of rotatable bonds is 5. The summed E-state index contributed by atoms with van der Waals surface area (Å²) in [6.45, 7) is 5.97. The van der Waals surface area contributed by atoms with Gasteiger partial charge < -0.3 is 10.2 Å². The minimum atomic E-state index is 0.847. The summed E-state index contributed by atoms with van der Waals surface area (Å²) in [5, 5.41) is 6.99. The molecular weight excluding hydrogens is 268 g/mol. The summed E-state index contributed by atoms with van der Waals surface area (Å²) < 4.78 is 0. The molecule has 2 unspecified atom stereocenters. The Labute approximate surface area is 125 Å². The highest BCUT2D eigenvalue weighted by molar-refractivity contribution is 7.13. The summed E-state index contributed by atoms with van der Waals surface area (Å²) in [6.07, 6.45) is 7.57. The molecule has 20 heavy (non-hydrogen) atoms. The first-order chi connectivity index (χ1) is 9.90. The van der Waals surface area contributed by atoms with Crippen LogP contribution in [0, 0.1) is 5.92 Å². The fourth-order valence-corrected chi connectivity index (χ4v) is 4.19. The Morgan fingerprint density at radius 2 is 2.00 bits per heavy atom. The molecule has 3 aliphatic rings. The topological polar surface area (TPSA) is 31.4 Å². The van der Waals surface area contributed by atoms with Gasteiger partial charge in [0.05, 0.1) is 0 Å². The molecule has 0 amide bonds. The van der Waals surface area contributed by atoms with Crippen LogP contribution in [-0.2, 0) is 0 Å². The van der Waals surface area contributed by atoms with E-state index in [-0.39, 0.29) is 0 Å². The number of hydrogen-bond acceptors (Lipinski definition) is 5. The molecule has 1 aromatic heterocycles. The van der Waals surface area contributed by atoms with Crippen LogP contribution in [0.4, 0.5) is 5.13 Å². The Morgan fingerprint density at radius 3 is 2.60 bits per heavy atom. The second-order valence-corrected chi connectivity index (χ2v) is 7.30. The van der Waals surface area contributed by atoms with Crippen molar-refractivity contribution in [2.24, 2.45) is 5.92 Å². The van der Waals surface area contributed by atoms with E-state index in [9.17, 15) is 0 Å². The van der Waals surface area contributed by atoms with Gasteiger partial charge in [-0.15, -0.1) is 11.3 Å². The van der Waals surface area contributed by atoms with Crippen LogP contribution in [0.5, 0.6) is 0 Å². The minimum Gasteiger partial charge on any atom is -0.346 e. The van der Waals surface area contributed by atoms with Crippen LogP contribution in [-0.4, -0.2) is 54.7 Å². The van der Waals surface area contributed by atoms with Gasteiger partial charge in [-0.2, -0.15) is 0 Å². The summed E-state index contributed by atoms with van der Waals surface area (Å²) in [4.78, 5) is 9.60. The van der Waals surface area contributed by atoms with Crippen molar-refractivity contribution in [3.05, 3.63) is 11.6 Å². The molecule has 1 aromatic rings. The van der Waals surface area contributed by atoms with E-state index in [1.807, 2.05) is 6.20 Å². The second-order valence-electron chi connectivity index (χ2n) is 6.42. The molecule has 1 aliphatic heterocycles. The monoisotopic (exact) mass is 292 g/mol. The van der Waals surface area contributed by atoms with Gasteiger partial charge >= 0.3 is 0 Å². The van der Waals surface area contributed by atoms with E-state index >= 15 is 0 Å². The van der Waals surface area contributed by atoms with E-state index in [0.717, 1.165) is 31.1 Å². The van der Waals surface area contributed by atoms with Gasteiger partial charge in [-0.25, -0.2) is 4.98 Å². The summed E-state index contributed by atoms with van der Waals surface area (Å²) in [5.41, 5.74) is 0. The van der Waals surface area contributed by atoms with Crippen LogP contribution >= 0.6 is 11.3 Å². The van der Waals surface area contributed by atoms with Crippen LogP contribution < -0.4 is 10.2 Å². The molecule has 110 valence electrons. The molecule has 3 fully saturated rings. The summed E-state index contributed by atoms with van der Waals surface area (Å²) in [5.74, 6) is 0.905. The Balaban J connectivity index is 1.26. The molecule has 2 saturated carbocycles. The number of hydrogen-bond donors (Lipinski definition) is 1. The lowest BCUT2D eigenvalue weighted by Crippen LogP contribution is -2.57. The van der Waals surface area contributed by atoms with Crippen LogP contribution in [0.3, 0.4) is 0 Å². The number of nitrogens with one attached hydrogen (secondary N) is 1. The third-order valence-corrected chi connectivity index (χ3v) is 5.93. The number of piperazine rings is 1. The molecule has 4 rings (SSSR count). The van der Waals surface area contributed by atoms with Gasteiger partial charge in [0.25, 0.3) is 0 Å². The molecule has 5 heteroatoms. The molecule has 2 atom stereocenters. The van der Waals surface area contributed by atoms with Crippen molar-refractivity contribution in [2.45, 2.75) is 37.8 Å². The zero-order valence-corrected chi connectivity index (χ0v) is 12.8. The molecule has 2 aliphatic carbocycles. The Hall–Kier alpha value is -0.650. The Morgan fingerprint density at radius 1 is 1.15 bits per heavy atom. The van der Waals surface area contributed by atoms with Gasteiger partial charge in [-0.05, 0) is 38.1 Å². The van der Waals surface area contributed by atoms with Gasteiger partial charge in [0.2, 0.25) is 0 Å². The lowest BCUT2D eigenvalue weighted by Gasteiger charge is -2.47. The average molecular weight is 292 g/mol. The van der Waals surface area contributed by atoms with E-state index in [2.05, 4.69) is 25.5 Å². The number of anilines is 1. The zero-order valence-electron chi connectivity index (χ0n) is 12.0. The lowest BCUT2D eigenvalue weighted by atomic mass is 9.78. The van der Waals surface area contributed by atoms with Crippen LogP contribution in [0.1, 0.15) is 25.7 Å². The summed E-state index contributed by atoms with van der Waals surface area (Å²) in [7, 11) is 0. The smallest absolute Gasteiger partial charge is 0.185 e. The maximum Gasteiger partial charge on any atom is 0.185 e. The Bertz CT molecular complexity index is 423. The van der Waals surface area contributed by atoms with Crippen LogP contribution in [0.2, 0.25) is 0 Å². The SMILES string of the molecule is c1csc(N2CCN(C3CCC3CNC3CC3)CC2)n1. The van der Waals surface area contributed by atoms with Crippen molar-refractivity contribution in [3.63, 3.8) is 0 Å². The first kappa shape index (κ1) is 13.0. The third-order valence-electron chi connectivity index (χ3n) is 5.10. The van der Waals surface area contributed by atoms with Crippen molar-refractivity contribution in [2.75, 3.05) is 37.6 Å². The van der Waals surface area contributed by atoms with E-state index < -0.39 is 0 Å². The number of aromatic nitrogens is 1. The standard InChI is InChI=1S/C15H24N4S/c1-4-14(12(1)11-17-13-2-3-13)18-6-8-19(9-7-18)15-16-5-10-20-15/h5,10,12-14,17H,1-4,6-9,11H2. The molecule has 0 aromatic carbocycles. The normalized spacial score (nSPS) is 31.3. The van der Waals surface area contributed by atoms with Gasteiger partial charge in [0, 0.05) is 49.8 Å². The molecule has 0 bridgehead atoms. The quantitative estimate of drug-likeness (QED) is 0.897. The third kappa shape index (κ3) is 2.71. The lowest BCUT2D eigenvalue weighted by molar-refractivity contribution is 0.0570. The van der Waals surface area contributed by atoms with Gasteiger partial charge in [-0.3, -0.25) is 4.90 Å². The second kappa shape index (κ2) is 5.62. The van der Waals surface area contributed by atoms with Crippen molar-refractivity contribution in [1.82, 2.24) is 15.2 Å². The molecule has 1 saturated heterocycles. The van der Waals surface area contributed by atoms with Gasteiger partial charge in [0.1, 0.15) is 0 Å². The van der Waals surface area contributed by atoms with Gasteiger partial charge in [-0.1, -0.05) is 0 Å². The predicted octanol–water partition coefficient (Wildman–Crippen LogP) is 1.80. The first-order valence-corrected chi connectivity index (χ1v) is 8.90. The van der Waals surface area contributed by atoms with Crippen molar-refractivity contribution in [3.8, 4) is 0 Å². The largest absolute Gasteiger partial charge is 0.346 e. The van der Waals surface area contributed by atoms with E-state index in [0.29, 0.717) is 0 Å². The van der Waals surface area contributed by atoms with Crippen molar-refractivity contribution in [1.29, 1.82) is 0 Å². The first-order valence-electron chi connectivity index (χ1n) is 8.02. The molecule has 1 N–H and O–H groups in total. The highest BCUT2D eigenvalue weighted by atomic mass is 32.1. The minimum absolute atomic E-state index is 0.847. The van der Waals surface area contributed by atoms with E-state index in [1.165, 1.54) is 50.4 Å². The van der Waals surface area contributed by atoms with Gasteiger partial charge in [0.15, 0.2) is 5.13 Å². The Kier molecular flexibility index (Phi) is 3.67. The highest BCUT2D eigenvalue weighted by Gasteiger charge is 2.37. The van der Waals surface area contributed by atoms with E-state index in [4.69, 9.17) is 0 Å². The average Bonchev–Trinajstić information content (AvgIpc) is 3.11. The number of thiazole rings is 1. The van der Waals surface area contributed by atoms with E-state index in [1.54, 1.807) is 11.3 Å². The maximum atomic E-state index is 4.43. The zero-order chi connectivity index (χ0) is 13.4. The van der Waals surface area contributed by atoms with Crippen LogP contribution in [0.25, 0.3) is 0 Å². The molecule has 0 spiro atoms. The van der Waals surface area contributed by atoms with Crippen molar-refractivity contribution < 1.29 is 0 Å². The molecule has 0 radical (unpaired) electrons. The predicted molar refractivity (Wildman–Crippen MR) is 83.4 cm³/mol. The molecule has 2 heterocycles.